The van der Waals surface area contributed by atoms with Gasteiger partial charge in [-0.3, -0.25) is 0 Å². The summed E-state index contributed by atoms with van der Waals surface area (Å²) >= 11 is 2.09. The minimum atomic E-state index is -0.243. The smallest absolute Gasteiger partial charge is 0.0735 e. The van der Waals surface area contributed by atoms with Gasteiger partial charge >= 0.3 is 0 Å². The highest BCUT2D eigenvalue weighted by molar-refractivity contribution is 7.99. The topological polar surface area (TPSA) is 0 Å². The molecule has 0 amide bonds. The van der Waals surface area contributed by atoms with Crippen molar-refractivity contribution >= 4 is 11.8 Å². The third kappa shape index (κ3) is 2.69. The highest BCUT2D eigenvalue weighted by atomic mass is 32.2. The zero-order valence-corrected chi connectivity index (χ0v) is 23.0. The first-order chi connectivity index (χ1) is 18.7. The highest BCUT2D eigenvalue weighted by Crippen LogP contribution is 2.66. The molecule has 0 aromatic heterocycles. The van der Waals surface area contributed by atoms with Crippen LogP contribution in [0.5, 0.6) is 0 Å². The van der Waals surface area contributed by atoms with E-state index in [1.54, 1.807) is 16.0 Å². The van der Waals surface area contributed by atoms with E-state index in [9.17, 15) is 0 Å². The molecule has 0 N–H and O–H groups in total. The minimum absolute atomic E-state index is 0.243. The van der Waals surface area contributed by atoms with Gasteiger partial charge in [0, 0.05) is 9.79 Å². The van der Waals surface area contributed by atoms with E-state index in [4.69, 9.17) is 0 Å². The molecular formula is C37H34S. The molecule has 1 heteroatoms. The van der Waals surface area contributed by atoms with Crippen molar-refractivity contribution in [2.45, 2.75) is 72.5 Å². The van der Waals surface area contributed by atoms with E-state index in [0.29, 0.717) is 5.41 Å². The maximum absolute atomic E-state index is 2.67. The highest BCUT2D eigenvalue weighted by Gasteiger charge is 2.55. The van der Waals surface area contributed by atoms with Gasteiger partial charge in [-0.25, -0.2) is 0 Å². The van der Waals surface area contributed by atoms with Crippen LogP contribution < -0.4 is 0 Å². The van der Waals surface area contributed by atoms with E-state index < -0.39 is 0 Å². The Morgan fingerprint density at radius 3 is 1.76 bits per heavy atom. The Bertz CT molecular complexity index is 1540. The van der Waals surface area contributed by atoms with Crippen molar-refractivity contribution in [3.05, 3.63) is 118 Å². The number of hydrogen-bond donors (Lipinski definition) is 0. The lowest BCUT2D eigenvalue weighted by Gasteiger charge is -2.58. The molecule has 5 aliphatic carbocycles. The average molecular weight is 511 g/mol. The molecule has 0 saturated heterocycles. The third-order valence-corrected chi connectivity index (χ3v) is 12.2. The molecule has 10 rings (SSSR count). The van der Waals surface area contributed by atoms with Crippen LogP contribution in [0.2, 0.25) is 0 Å². The maximum atomic E-state index is 2.67. The number of hydrogen-bond acceptors (Lipinski definition) is 1. The largest absolute Gasteiger partial charge is 0.0891 e. The Morgan fingerprint density at radius 1 is 0.632 bits per heavy atom. The Morgan fingerprint density at radius 2 is 1.16 bits per heavy atom. The van der Waals surface area contributed by atoms with Crippen LogP contribution in [0.1, 0.15) is 78.8 Å². The van der Waals surface area contributed by atoms with Gasteiger partial charge in [0.05, 0.1) is 5.41 Å². The number of benzene rings is 4. The van der Waals surface area contributed by atoms with E-state index in [1.165, 1.54) is 76.8 Å². The lowest BCUT2D eigenvalue weighted by molar-refractivity contribution is -0.00652. The van der Waals surface area contributed by atoms with E-state index >= 15 is 0 Å². The first-order valence-corrected chi connectivity index (χ1v) is 15.7. The van der Waals surface area contributed by atoms with Crippen molar-refractivity contribution in [2.24, 2.45) is 17.8 Å². The van der Waals surface area contributed by atoms with Crippen LogP contribution >= 0.6 is 11.8 Å². The fourth-order valence-corrected chi connectivity index (χ4v) is 11.5. The molecule has 1 aliphatic heterocycles. The number of rotatable bonds is 2. The van der Waals surface area contributed by atoms with Crippen molar-refractivity contribution in [1.82, 2.24) is 0 Å². The molecule has 0 unspecified atom stereocenters. The van der Waals surface area contributed by atoms with Crippen molar-refractivity contribution in [3.8, 4) is 11.1 Å². The van der Waals surface area contributed by atoms with Gasteiger partial charge in [0.25, 0.3) is 0 Å². The van der Waals surface area contributed by atoms with Gasteiger partial charge in [-0.2, -0.15) is 0 Å². The quantitative estimate of drug-likeness (QED) is 0.223. The van der Waals surface area contributed by atoms with Crippen LogP contribution in [0.25, 0.3) is 11.1 Å². The molecule has 1 heterocycles. The summed E-state index contributed by atoms with van der Waals surface area (Å²) in [4.78, 5) is 3.04. The van der Waals surface area contributed by atoms with Crippen molar-refractivity contribution in [2.75, 3.05) is 0 Å². The summed E-state index contributed by atoms with van der Waals surface area (Å²) in [6.45, 7) is 2.36. The summed E-state index contributed by atoms with van der Waals surface area (Å²) in [7, 11) is 0. The van der Waals surface area contributed by atoms with Gasteiger partial charge in [0.2, 0.25) is 0 Å². The summed E-state index contributed by atoms with van der Waals surface area (Å²) < 4.78 is 0. The first kappa shape index (κ1) is 22.1. The molecular weight excluding hydrogens is 476 g/mol. The van der Waals surface area contributed by atoms with Gasteiger partial charge in [-0.05, 0) is 119 Å². The summed E-state index contributed by atoms with van der Waals surface area (Å²) in [5, 5.41) is 0. The van der Waals surface area contributed by atoms with Crippen LogP contribution in [-0.4, -0.2) is 0 Å². The second kappa shape index (κ2) is 7.66. The fourth-order valence-electron chi connectivity index (χ4n) is 10.1. The third-order valence-electron chi connectivity index (χ3n) is 11.0. The van der Waals surface area contributed by atoms with Gasteiger partial charge in [-0.1, -0.05) is 97.5 Å². The van der Waals surface area contributed by atoms with Gasteiger partial charge in [-0.15, -0.1) is 0 Å². The van der Waals surface area contributed by atoms with Crippen LogP contribution in [0.3, 0.4) is 0 Å². The van der Waals surface area contributed by atoms with Gasteiger partial charge in [0.15, 0.2) is 0 Å². The predicted octanol–water partition coefficient (Wildman–Crippen LogP) is 9.54. The molecule has 4 fully saturated rings. The van der Waals surface area contributed by atoms with E-state index in [1.807, 2.05) is 0 Å². The Labute approximate surface area is 230 Å². The molecule has 188 valence electrons. The van der Waals surface area contributed by atoms with Crippen molar-refractivity contribution in [3.63, 3.8) is 0 Å². The average Bonchev–Trinajstić information content (AvgIpc) is 3.23. The minimum Gasteiger partial charge on any atom is -0.0891 e. The van der Waals surface area contributed by atoms with Crippen LogP contribution in [0.15, 0.2) is 94.7 Å². The Balaban J connectivity index is 1.40. The monoisotopic (exact) mass is 510 g/mol. The van der Waals surface area contributed by atoms with Crippen LogP contribution in [-0.2, 0) is 17.3 Å². The zero-order valence-electron chi connectivity index (χ0n) is 22.2. The van der Waals surface area contributed by atoms with Crippen LogP contribution in [0.4, 0.5) is 0 Å². The zero-order chi connectivity index (χ0) is 25.1. The van der Waals surface area contributed by atoms with E-state index in [2.05, 4.69) is 104 Å². The van der Waals surface area contributed by atoms with E-state index in [0.717, 1.165) is 24.2 Å². The van der Waals surface area contributed by atoms with Crippen molar-refractivity contribution in [1.29, 1.82) is 0 Å². The second-order valence-electron chi connectivity index (χ2n) is 13.0. The van der Waals surface area contributed by atoms with E-state index in [-0.39, 0.29) is 5.41 Å². The number of fused-ring (bicyclic) bond motifs is 9. The normalized spacial score (nSPS) is 28.6. The molecule has 4 aromatic rings. The molecule has 38 heavy (non-hydrogen) atoms. The van der Waals surface area contributed by atoms with Crippen LogP contribution in [0, 0.1) is 17.8 Å². The molecule has 1 spiro atoms. The van der Waals surface area contributed by atoms with Gasteiger partial charge < -0.3 is 0 Å². The lowest BCUT2D eigenvalue weighted by atomic mass is 9.47. The molecule has 4 saturated carbocycles. The molecule has 6 aliphatic rings. The standard InChI is InChI=1S/C37H34S/c1-2-23-18-32(36-20-24-15-25(21-36)17-26(16-24)22-36)35-33(19-23)37(31-13-7-8-14-34(31)38-35)29-11-5-3-9-27(29)28-10-4-6-12-30(28)37/h3-14,18-19,24-26H,2,15-17,20-22H2,1H3. The first-order valence-electron chi connectivity index (χ1n) is 14.8. The number of aryl methyl sites for hydroxylation is 1. The SMILES string of the molecule is CCc1cc(C23CC4CC(CC(C4)C2)C3)c2c(c1)C1(c3ccccc3S2)c2ccccc2-c2ccccc21. The maximum Gasteiger partial charge on any atom is 0.0735 e. The summed E-state index contributed by atoms with van der Waals surface area (Å²) in [5.41, 5.74) is 12.2. The summed E-state index contributed by atoms with van der Waals surface area (Å²) in [5.74, 6) is 2.85. The lowest BCUT2D eigenvalue weighted by Crippen LogP contribution is -2.49. The molecule has 0 radical (unpaired) electrons. The Kier molecular flexibility index (Phi) is 4.45. The van der Waals surface area contributed by atoms with Gasteiger partial charge in [0.1, 0.15) is 0 Å². The Hall–Kier alpha value is -2.77. The summed E-state index contributed by atoms with van der Waals surface area (Å²) in [6, 6.07) is 33.2. The molecule has 4 aromatic carbocycles. The molecule has 0 nitrogen and oxygen atoms in total. The molecule has 0 atom stereocenters. The fraction of sp³-hybridized carbons (Fsp3) is 0.351. The summed E-state index contributed by atoms with van der Waals surface area (Å²) in [6.07, 6.45) is 9.84. The van der Waals surface area contributed by atoms with Crippen molar-refractivity contribution < 1.29 is 0 Å². The second-order valence-corrected chi connectivity index (χ2v) is 14.1. The molecule has 4 bridgehead atoms. The predicted molar refractivity (Wildman–Crippen MR) is 157 cm³/mol.